The summed E-state index contributed by atoms with van der Waals surface area (Å²) in [5.41, 5.74) is 0. The molecule has 3 fully saturated rings. The van der Waals surface area contributed by atoms with Gasteiger partial charge in [-0.05, 0) is 56.9 Å². The van der Waals surface area contributed by atoms with Gasteiger partial charge in [0.2, 0.25) is 5.91 Å². The van der Waals surface area contributed by atoms with E-state index in [1.807, 2.05) is 12.3 Å². The van der Waals surface area contributed by atoms with Crippen LogP contribution in [0.1, 0.15) is 63.1 Å². The van der Waals surface area contributed by atoms with Gasteiger partial charge >= 0.3 is 0 Å². The van der Waals surface area contributed by atoms with E-state index in [1.165, 1.54) is 32.1 Å². The Balaban J connectivity index is 1.27. The zero-order valence-electron chi connectivity index (χ0n) is 13.7. The van der Waals surface area contributed by atoms with E-state index in [0.717, 1.165) is 37.6 Å². The van der Waals surface area contributed by atoms with Crippen LogP contribution in [0, 0.1) is 5.92 Å². The summed E-state index contributed by atoms with van der Waals surface area (Å²) in [5.74, 6) is 3.47. The maximum Gasteiger partial charge on any atom is 0.220 e. The molecule has 4 rings (SSSR count). The first-order valence-electron chi connectivity index (χ1n) is 9.15. The van der Waals surface area contributed by atoms with Gasteiger partial charge in [0.1, 0.15) is 11.6 Å². The lowest BCUT2D eigenvalue weighted by Gasteiger charge is -2.33. The summed E-state index contributed by atoms with van der Waals surface area (Å²) >= 11 is 0. The molecule has 0 radical (unpaired) electrons. The molecule has 1 amide bonds. The zero-order chi connectivity index (χ0) is 15.6. The van der Waals surface area contributed by atoms with Crippen molar-refractivity contribution >= 4 is 11.7 Å². The molecule has 0 atom stereocenters. The number of amides is 1. The third-order valence-corrected chi connectivity index (χ3v) is 5.48. The van der Waals surface area contributed by atoms with Gasteiger partial charge in [-0.3, -0.25) is 4.79 Å². The van der Waals surface area contributed by atoms with E-state index in [1.54, 1.807) is 0 Å². The van der Waals surface area contributed by atoms with Crippen molar-refractivity contribution in [1.29, 1.82) is 0 Å². The summed E-state index contributed by atoms with van der Waals surface area (Å²) < 4.78 is 0. The van der Waals surface area contributed by atoms with Crippen molar-refractivity contribution in [2.75, 3.05) is 18.0 Å². The van der Waals surface area contributed by atoms with Gasteiger partial charge in [-0.25, -0.2) is 9.97 Å². The molecule has 2 saturated carbocycles. The molecule has 124 valence electrons. The van der Waals surface area contributed by atoms with Crippen molar-refractivity contribution in [3.05, 3.63) is 18.1 Å². The van der Waals surface area contributed by atoms with Crippen molar-refractivity contribution < 1.29 is 4.79 Å². The number of anilines is 1. The maximum absolute atomic E-state index is 12.0. The van der Waals surface area contributed by atoms with E-state index in [9.17, 15) is 4.79 Å². The first-order chi connectivity index (χ1) is 11.3. The van der Waals surface area contributed by atoms with Crippen molar-refractivity contribution in [1.82, 2.24) is 15.3 Å². The van der Waals surface area contributed by atoms with Crippen LogP contribution in [0.15, 0.2) is 12.3 Å². The van der Waals surface area contributed by atoms with Gasteiger partial charge in [0.25, 0.3) is 0 Å². The highest BCUT2D eigenvalue weighted by atomic mass is 16.1. The highest BCUT2D eigenvalue weighted by Crippen LogP contribution is 2.38. The fourth-order valence-electron chi connectivity index (χ4n) is 3.55. The Morgan fingerprint density at radius 3 is 2.61 bits per heavy atom. The highest BCUT2D eigenvalue weighted by molar-refractivity contribution is 5.76. The Hall–Kier alpha value is -1.65. The highest BCUT2D eigenvalue weighted by Gasteiger charge is 2.28. The van der Waals surface area contributed by atoms with Crippen molar-refractivity contribution in [3.8, 4) is 0 Å². The van der Waals surface area contributed by atoms with Gasteiger partial charge in [0, 0.05) is 37.7 Å². The van der Waals surface area contributed by atoms with Crippen LogP contribution in [0.5, 0.6) is 0 Å². The van der Waals surface area contributed by atoms with Gasteiger partial charge in [-0.2, -0.15) is 0 Å². The average Bonchev–Trinajstić information content (AvgIpc) is 3.37. The van der Waals surface area contributed by atoms with E-state index in [4.69, 9.17) is 4.98 Å². The quantitative estimate of drug-likeness (QED) is 0.907. The number of hydrogen-bond donors (Lipinski definition) is 1. The van der Waals surface area contributed by atoms with Crippen LogP contribution < -0.4 is 10.2 Å². The smallest absolute Gasteiger partial charge is 0.220 e. The molecule has 1 aliphatic heterocycles. The number of rotatable bonds is 5. The number of aromatic nitrogens is 2. The molecule has 0 spiro atoms. The molecule has 1 N–H and O–H groups in total. The number of hydrogen-bond acceptors (Lipinski definition) is 4. The fraction of sp³-hybridized carbons (Fsp3) is 0.722. The molecule has 3 aliphatic rings. The van der Waals surface area contributed by atoms with Gasteiger partial charge < -0.3 is 10.2 Å². The summed E-state index contributed by atoms with van der Waals surface area (Å²) in [5, 5.41) is 3.16. The Labute approximate surface area is 137 Å². The second-order valence-electron chi connectivity index (χ2n) is 7.38. The van der Waals surface area contributed by atoms with Crippen molar-refractivity contribution in [2.45, 2.75) is 63.3 Å². The second-order valence-corrected chi connectivity index (χ2v) is 7.38. The molecular formula is C18H26N4O. The van der Waals surface area contributed by atoms with Gasteiger partial charge in [-0.15, -0.1) is 0 Å². The molecule has 0 unspecified atom stereocenters. The number of piperidine rings is 1. The van der Waals surface area contributed by atoms with Gasteiger partial charge in [-0.1, -0.05) is 0 Å². The summed E-state index contributed by atoms with van der Waals surface area (Å²) in [4.78, 5) is 23.5. The number of nitrogens with one attached hydrogen (secondary N) is 1. The largest absolute Gasteiger partial charge is 0.356 e. The van der Waals surface area contributed by atoms with Crippen LogP contribution in [-0.4, -0.2) is 35.0 Å². The molecule has 2 heterocycles. The first kappa shape index (κ1) is 14.9. The normalized spacial score (nSPS) is 22.7. The predicted molar refractivity (Wildman–Crippen MR) is 89.3 cm³/mol. The number of carbonyl (C=O) groups is 1. The van der Waals surface area contributed by atoms with Crippen LogP contribution in [0.25, 0.3) is 0 Å². The monoisotopic (exact) mass is 314 g/mol. The van der Waals surface area contributed by atoms with Crippen LogP contribution in [0.3, 0.4) is 0 Å². The van der Waals surface area contributed by atoms with Crippen LogP contribution in [0.2, 0.25) is 0 Å². The molecule has 23 heavy (non-hydrogen) atoms. The molecule has 5 nitrogen and oxygen atoms in total. The number of nitrogens with zero attached hydrogens (tertiary/aromatic N) is 3. The Bertz CT molecular complexity index is 560. The Morgan fingerprint density at radius 1 is 1.17 bits per heavy atom. The minimum Gasteiger partial charge on any atom is -0.356 e. The molecule has 0 aromatic carbocycles. The standard InChI is InChI=1S/C18H26N4O/c23-17(20-15-2-1-3-15)12-13-7-10-22(11-8-13)16-6-9-19-18(21-16)14-4-5-14/h6,9,13-15H,1-5,7-8,10-12H2,(H,20,23). The van der Waals surface area contributed by atoms with Crippen LogP contribution in [0.4, 0.5) is 5.82 Å². The summed E-state index contributed by atoms with van der Waals surface area (Å²) in [6.45, 7) is 2.00. The van der Waals surface area contributed by atoms with E-state index < -0.39 is 0 Å². The lowest BCUT2D eigenvalue weighted by atomic mass is 9.90. The van der Waals surface area contributed by atoms with Crippen molar-refractivity contribution in [2.24, 2.45) is 5.92 Å². The number of carbonyl (C=O) groups excluding carboxylic acids is 1. The fourth-order valence-corrected chi connectivity index (χ4v) is 3.55. The summed E-state index contributed by atoms with van der Waals surface area (Å²) in [6, 6.07) is 2.49. The molecule has 0 bridgehead atoms. The summed E-state index contributed by atoms with van der Waals surface area (Å²) in [6.07, 6.45) is 10.8. The Morgan fingerprint density at radius 2 is 1.96 bits per heavy atom. The van der Waals surface area contributed by atoms with E-state index >= 15 is 0 Å². The van der Waals surface area contributed by atoms with Crippen molar-refractivity contribution in [3.63, 3.8) is 0 Å². The van der Waals surface area contributed by atoms with Crippen LogP contribution in [-0.2, 0) is 4.79 Å². The Kier molecular flexibility index (Phi) is 4.19. The maximum atomic E-state index is 12.0. The third kappa shape index (κ3) is 3.65. The molecule has 1 aromatic rings. The summed E-state index contributed by atoms with van der Waals surface area (Å²) in [7, 11) is 0. The topological polar surface area (TPSA) is 58.1 Å². The lowest BCUT2D eigenvalue weighted by Crippen LogP contribution is -2.41. The first-order valence-corrected chi connectivity index (χ1v) is 9.15. The molecule has 5 heteroatoms. The molecular weight excluding hydrogens is 288 g/mol. The molecule has 1 aromatic heterocycles. The lowest BCUT2D eigenvalue weighted by molar-refractivity contribution is -0.123. The zero-order valence-corrected chi connectivity index (χ0v) is 13.7. The van der Waals surface area contributed by atoms with Gasteiger partial charge in [0.05, 0.1) is 0 Å². The minimum absolute atomic E-state index is 0.256. The third-order valence-electron chi connectivity index (χ3n) is 5.48. The predicted octanol–water partition coefficient (Wildman–Crippen LogP) is 2.63. The molecule has 1 saturated heterocycles. The second kappa shape index (κ2) is 6.46. The molecule has 2 aliphatic carbocycles. The minimum atomic E-state index is 0.256. The SMILES string of the molecule is O=C(CC1CCN(c2ccnc(C3CC3)n2)CC1)NC1CCC1. The average molecular weight is 314 g/mol. The van der Waals surface area contributed by atoms with Crippen LogP contribution >= 0.6 is 0 Å². The van der Waals surface area contributed by atoms with E-state index in [-0.39, 0.29) is 5.91 Å². The van der Waals surface area contributed by atoms with Gasteiger partial charge in [0.15, 0.2) is 0 Å². The van der Waals surface area contributed by atoms with E-state index in [0.29, 0.717) is 24.3 Å². The van der Waals surface area contributed by atoms with E-state index in [2.05, 4.69) is 15.2 Å².